The average molecular weight is 280 g/mol. The third-order valence-corrected chi connectivity index (χ3v) is 4.85. The molecule has 1 aromatic carbocycles. The highest BCUT2D eigenvalue weighted by Gasteiger charge is 2.22. The molecule has 0 spiro atoms. The van der Waals surface area contributed by atoms with Gasteiger partial charge in [0.05, 0.1) is 0 Å². The second-order valence-electron chi connectivity index (χ2n) is 5.35. The van der Waals surface area contributed by atoms with E-state index in [0.29, 0.717) is 12.6 Å². The Hall–Kier alpha value is -0.740. The molecule has 2 fully saturated rings. The van der Waals surface area contributed by atoms with Gasteiger partial charge in [-0.3, -0.25) is 0 Å². The Morgan fingerprint density at radius 2 is 2.16 bits per heavy atom. The minimum atomic E-state index is -0.0671. The molecule has 1 aromatic rings. The van der Waals surface area contributed by atoms with Crippen molar-refractivity contribution in [2.24, 2.45) is 0 Å². The van der Waals surface area contributed by atoms with Crippen LogP contribution in [0.2, 0.25) is 0 Å². The van der Waals surface area contributed by atoms with Crippen LogP contribution in [0, 0.1) is 5.82 Å². The van der Waals surface area contributed by atoms with Gasteiger partial charge in [0.1, 0.15) is 5.82 Å². The fourth-order valence-corrected chi connectivity index (χ4v) is 3.43. The number of thioether (sulfide) groups is 1. The summed E-state index contributed by atoms with van der Waals surface area (Å²) in [5, 5.41) is 3.44. The first-order chi connectivity index (χ1) is 9.34. The second kappa shape index (κ2) is 6.14. The Balaban J connectivity index is 1.78. The van der Waals surface area contributed by atoms with Crippen molar-refractivity contribution in [2.75, 3.05) is 29.5 Å². The van der Waals surface area contributed by atoms with Gasteiger partial charge in [-0.1, -0.05) is 6.07 Å². The molecular formula is C15H21FN2S. The highest BCUT2D eigenvalue weighted by atomic mass is 32.2. The first-order valence-electron chi connectivity index (χ1n) is 7.18. The van der Waals surface area contributed by atoms with Crippen molar-refractivity contribution in [3.8, 4) is 0 Å². The van der Waals surface area contributed by atoms with E-state index >= 15 is 0 Å². The lowest BCUT2D eigenvalue weighted by molar-refractivity contribution is 0.585. The van der Waals surface area contributed by atoms with Crippen LogP contribution in [0.4, 0.5) is 10.1 Å². The van der Waals surface area contributed by atoms with E-state index in [9.17, 15) is 4.39 Å². The number of halogens is 1. The van der Waals surface area contributed by atoms with Gasteiger partial charge in [-0.25, -0.2) is 4.39 Å². The molecule has 1 aliphatic carbocycles. The third-order valence-electron chi connectivity index (χ3n) is 3.80. The number of hydrogen-bond acceptors (Lipinski definition) is 3. The van der Waals surface area contributed by atoms with Gasteiger partial charge in [-0.05, 0) is 37.1 Å². The standard InChI is InChI=1S/C15H21FN2S/c16-14-3-1-4-15(13(14)11-17-12-5-6-12)18-7-2-9-19-10-8-18/h1,3-4,12,17H,2,5-11H2. The van der Waals surface area contributed by atoms with Crippen molar-refractivity contribution < 1.29 is 4.39 Å². The Bertz CT molecular complexity index is 426. The van der Waals surface area contributed by atoms with Gasteiger partial charge in [-0.15, -0.1) is 0 Å². The van der Waals surface area contributed by atoms with E-state index in [1.54, 1.807) is 6.07 Å². The quantitative estimate of drug-likeness (QED) is 0.912. The topological polar surface area (TPSA) is 15.3 Å². The van der Waals surface area contributed by atoms with Crippen molar-refractivity contribution >= 4 is 17.4 Å². The molecular weight excluding hydrogens is 259 g/mol. The fourth-order valence-electron chi connectivity index (χ4n) is 2.54. The molecule has 1 aliphatic heterocycles. The first-order valence-corrected chi connectivity index (χ1v) is 8.33. The van der Waals surface area contributed by atoms with Crippen molar-refractivity contribution in [2.45, 2.75) is 31.8 Å². The fraction of sp³-hybridized carbons (Fsp3) is 0.600. The molecule has 1 N–H and O–H groups in total. The maximum absolute atomic E-state index is 14.1. The minimum absolute atomic E-state index is 0.0671. The predicted molar refractivity (Wildman–Crippen MR) is 80.4 cm³/mol. The van der Waals surface area contributed by atoms with Crippen LogP contribution in [-0.2, 0) is 6.54 Å². The molecule has 1 saturated heterocycles. The summed E-state index contributed by atoms with van der Waals surface area (Å²) in [4.78, 5) is 2.35. The number of nitrogens with one attached hydrogen (secondary N) is 1. The Morgan fingerprint density at radius 3 is 3.00 bits per heavy atom. The molecule has 0 bridgehead atoms. The summed E-state index contributed by atoms with van der Waals surface area (Å²) in [5.74, 6) is 2.30. The van der Waals surface area contributed by atoms with Crippen molar-refractivity contribution in [1.82, 2.24) is 5.32 Å². The van der Waals surface area contributed by atoms with Gasteiger partial charge in [0.2, 0.25) is 0 Å². The monoisotopic (exact) mass is 280 g/mol. The van der Waals surface area contributed by atoms with Gasteiger partial charge in [0.15, 0.2) is 0 Å². The minimum Gasteiger partial charge on any atom is -0.370 e. The van der Waals surface area contributed by atoms with E-state index < -0.39 is 0 Å². The van der Waals surface area contributed by atoms with Crippen LogP contribution in [0.3, 0.4) is 0 Å². The number of rotatable bonds is 4. The molecule has 0 aromatic heterocycles. The van der Waals surface area contributed by atoms with Crippen molar-refractivity contribution in [1.29, 1.82) is 0 Å². The molecule has 2 aliphatic rings. The maximum atomic E-state index is 14.1. The van der Waals surface area contributed by atoms with Crippen molar-refractivity contribution in [3.05, 3.63) is 29.6 Å². The van der Waals surface area contributed by atoms with Crippen molar-refractivity contribution in [3.63, 3.8) is 0 Å². The second-order valence-corrected chi connectivity index (χ2v) is 6.57. The van der Waals surface area contributed by atoms with Gasteiger partial charge >= 0.3 is 0 Å². The van der Waals surface area contributed by atoms with E-state index in [1.807, 2.05) is 17.8 Å². The molecule has 1 saturated carbocycles. The van der Waals surface area contributed by atoms with Gasteiger partial charge < -0.3 is 10.2 Å². The van der Waals surface area contributed by atoms with E-state index in [2.05, 4.69) is 16.3 Å². The molecule has 2 nitrogen and oxygen atoms in total. The van der Waals surface area contributed by atoms with Gasteiger partial charge in [0, 0.05) is 42.7 Å². The lowest BCUT2D eigenvalue weighted by Crippen LogP contribution is -2.28. The van der Waals surface area contributed by atoms with Crippen LogP contribution in [0.15, 0.2) is 18.2 Å². The number of anilines is 1. The number of nitrogens with zero attached hydrogens (tertiary/aromatic N) is 1. The lowest BCUT2D eigenvalue weighted by Gasteiger charge is -2.25. The largest absolute Gasteiger partial charge is 0.370 e. The Labute approximate surface area is 118 Å². The molecule has 0 unspecified atom stereocenters. The SMILES string of the molecule is Fc1cccc(N2CCCSCC2)c1CNC1CC1. The molecule has 0 radical (unpaired) electrons. The molecule has 0 amide bonds. The van der Waals surface area contributed by atoms with E-state index in [0.717, 1.165) is 30.1 Å². The van der Waals surface area contributed by atoms with Crippen LogP contribution >= 0.6 is 11.8 Å². The van der Waals surface area contributed by atoms with Crippen LogP contribution in [-0.4, -0.2) is 30.6 Å². The highest BCUT2D eigenvalue weighted by molar-refractivity contribution is 7.99. The molecule has 0 atom stereocenters. The van der Waals surface area contributed by atoms with Crippen LogP contribution in [0.25, 0.3) is 0 Å². The zero-order valence-corrected chi connectivity index (χ0v) is 12.0. The van der Waals surface area contributed by atoms with Gasteiger partial charge in [0.25, 0.3) is 0 Å². The summed E-state index contributed by atoms with van der Waals surface area (Å²) in [6.07, 6.45) is 3.67. The summed E-state index contributed by atoms with van der Waals surface area (Å²) in [6, 6.07) is 6.11. The Kier molecular flexibility index (Phi) is 4.28. The molecule has 3 rings (SSSR count). The zero-order valence-electron chi connectivity index (χ0n) is 11.2. The summed E-state index contributed by atoms with van der Waals surface area (Å²) in [6.45, 7) is 2.74. The highest BCUT2D eigenvalue weighted by Crippen LogP contribution is 2.27. The third kappa shape index (κ3) is 3.42. The molecule has 104 valence electrons. The summed E-state index contributed by atoms with van der Waals surface area (Å²) in [5.41, 5.74) is 1.94. The summed E-state index contributed by atoms with van der Waals surface area (Å²) < 4.78 is 14.1. The van der Waals surface area contributed by atoms with E-state index in [-0.39, 0.29) is 5.82 Å². The zero-order chi connectivity index (χ0) is 13.1. The molecule has 4 heteroatoms. The normalized spacial score (nSPS) is 20.4. The van der Waals surface area contributed by atoms with Crippen LogP contribution in [0.1, 0.15) is 24.8 Å². The average Bonchev–Trinajstić information content (AvgIpc) is 3.24. The Morgan fingerprint density at radius 1 is 1.26 bits per heavy atom. The predicted octanol–water partition coefficient (Wildman–Crippen LogP) is 3.02. The number of hydrogen-bond donors (Lipinski definition) is 1. The first kappa shape index (κ1) is 13.3. The van der Waals surface area contributed by atoms with E-state index in [1.165, 1.54) is 25.0 Å². The number of benzene rings is 1. The molecule has 19 heavy (non-hydrogen) atoms. The summed E-state index contributed by atoms with van der Waals surface area (Å²) in [7, 11) is 0. The maximum Gasteiger partial charge on any atom is 0.129 e. The van der Waals surface area contributed by atoms with E-state index in [4.69, 9.17) is 0 Å². The van der Waals surface area contributed by atoms with Crippen LogP contribution in [0.5, 0.6) is 0 Å². The molecule has 1 heterocycles. The van der Waals surface area contributed by atoms with Crippen LogP contribution < -0.4 is 10.2 Å². The smallest absolute Gasteiger partial charge is 0.129 e. The van der Waals surface area contributed by atoms with Gasteiger partial charge in [-0.2, -0.15) is 11.8 Å². The lowest BCUT2D eigenvalue weighted by atomic mass is 10.1. The summed E-state index contributed by atoms with van der Waals surface area (Å²) >= 11 is 2.00.